The summed E-state index contributed by atoms with van der Waals surface area (Å²) in [6.07, 6.45) is 3.87. The van der Waals surface area contributed by atoms with Crippen molar-refractivity contribution in [3.8, 4) is 0 Å². The summed E-state index contributed by atoms with van der Waals surface area (Å²) in [5.74, 6) is 0.850. The lowest BCUT2D eigenvalue weighted by Crippen LogP contribution is -2.48. The highest BCUT2D eigenvalue weighted by molar-refractivity contribution is 7.99. The van der Waals surface area contributed by atoms with Crippen molar-refractivity contribution in [1.82, 2.24) is 10.6 Å². The van der Waals surface area contributed by atoms with Gasteiger partial charge in [-0.15, -0.1) is 0 Å². The second-order valence-corrected chi connectivity index (χ2v) is 6.48. The fourth-order valence-corrected chi connectivity index (χ4v) is 3.79. The number of nitrogens with one attached hydrogen (secondary N) is 2. The van der Waals surface area contributed by atoms with Crippen LogP contribution < -0.4 is 10.6 Å². The Bertz CT molecular complexity index is 332. The van der Waals surface area contributed by atoms with Crippen LogP contribution in [0.25, 0.3) is 0 Å². The van der Waals surface area contributed by atoms with E-state index in [2.05, 4.69) is 10.6 Å². The maximum Gasteiger partial charge on any atom is 0.308 e. The predicted octanol–water partition coefficient (Wildman–Crippen LogP) is 0.841. The average molecular weight is 286 g/mol. The van der Waals surface area contributed by atoms with Crippen molar-refractivity contribution in [3.05, 3.63) is 0 Å². The van der Waals surface area contributed by atoms with Crippen molar-refractivity contribution < 1.29 is 14.7 Å². The molecule has 2 aliphatic rings. The molecule has 0 aromatic carbocycles. The molecule has 2 fully saturated rings. The molecule has 0 aromatic rings. The zero-order chi connectivity index (χ0) is 13.7. The third-order valence-electron chi connectivity index (χ3n) is 3.86. The number of carbonyl (C=O) groups excluding carboxylic acids is 1. The number of thioether (sulfide) groups is 1. The Morgan fingerprint density at radius 2 is 2.11 bits per heavy atom. The first-order valence-corrected chi connectivity index (χ1v) is 8.15. The van der Waals surface area contributed by atoms with Crippen molar-refractivity contribution in [2.45, 2.75) is 44.2 Å². The van der Waals surface area contributed by atoms with Crippen molar-refractivity contribution in [1.29, 1.82) is 0 Å². The van der Waals surface area contributed by atoms with Gasteiger partial charge in [0.05, 0.1) is 5.92 Å². The van der Waals surface area contributed by atoms with Crippen LogP contribution in [0.1, 0.15) is 32.1 Å². The number of hydrogen-bond donors (Lipinski definition) is 3. The molecule has 108 valence electrons. The van der Waals surface area contributed by atoms with Crippen LogP contribution in [0.5, 0.6) is 0 Å². The van der Waals surface area contributed by atoms with Gasteiger partial charge in [-0.1, -0.05) is 12.8 Å². The molecule has 3 unspecified atom stereocenters. The van der Waals surface area contributed by atoms with Crippen LogP contribution in [0.15, 0.2) is 0 Å². The van der Waals surface area contributed by atoms with E-state index >= 15 is 0 Å². The summed E-state index contributed by atoms with van der Waals surface area (Å²) < 4.78 is 0. The van der Waals surface area contributed by atoms with Gasteiger partial charge in [0.2, 0.25) is 5.91 Å². The quantitative estimate of drug-likeness (QED) is 0.714. The van der Waals surface area contributed by atoms with Crippen LogP contribution in [0.4, 0.5) is 0 Å². The molecule has 2 rings (SSSR count). The van der Waals surface area contributed by atoms with Crippen LogP contribution in [0.2, 0.25) is 0 Å². The number of carbonyl (C=O) groups is 2. The summed E-state index contributed by atoms with van der Waals surface area (Å²) in [6, 6.07) is 0.0422. The Balaban J connectivity index is 1.80. The smallest absolute Gasteiger partial charge is 0.308 e. The highest BCUT2D eigenvalue weighted by Crippen LogP contribution is 2.24. The lowest BCUT2D eigenvalue weighted by molar-refractivity contribution is -0.144. The van der Waals surface area contributed by atoms with E-state index in [0.717, 1.165) is 37.3 Å². The Morgan fingerprint density at radius 3 is 2.79 bits per heavy atom. The Hall–Kier alpha value is -0.750. The summed E-state index contributed by atoms with van der Waals surface area (Å²) in [4.78, 5) is 23.2. The first-order valence-electron chi connectivity index (χ1n) is 7.00. The zero-order valence-electron chi connectivity index (χ0n) is 11.1. The fourth-order valence-electron chi connectivity index (χ4n) is 2.84. The molecule has 0 radical (unpaired) electrons. The van der Waals surface area contributed by atoms with Crippen molar-refractivity contribution in [3.63, 3.8) is 0 Å². The van der Waals surface area contributed by atoms with Crippen LogP contribution in [-0.2, 0) is 9.59 Å². The summed E-state index contributed by atoms with van der Waals surface area (Å²) in [6.45, 7) is 0.948. The van der Waals surface area contributed by atoms with Crippen LogP contribution in [0.3, 0.4) is 0 Å². The SMILES string of the molecule is O=C(CC1CSCCN1)NC1CCCCC1C(=O)O. The minimum Gasteiger partial charge on any atom is -0.481 e. The number of carboxylic acid groups (broad SMARTS) is 1. The molecule has 3 N–H and O–H groups in total. The standard InChI is InChI=1S/C13H22N2O3S/c16-12(7-9-8-19-6-5-14-9)15-11-4-2-1-3-10(11)13(17)18/h9-11,14H,1-8H2,(H,15,16)(H,17,18). The zero-order valence-corrected chi connectivity index (χ0v) is 11.9. The second kappa shape index (κ2) is 7.14. The highest BCUT2D eigenvalue weighted by Gasteiger charge is 2.32. The van der Waals surface area contributed by atoms with Gasteiger partial charge in [0.1, 0.15) is 0 Å². The van der Waals surface area contributed by atoms with Crippen molar-refractivity contribution >= 4 is 23.6 Å². The molecule has 19 heavy (non-hydrogen) atoms. The van der Waals surface area contributed by atoms with Gasteiger partial charge >= 0.3 is 5.97 Å². The minimum absolute atomic E-state index is 0.0156. The van der Waals surface area contributed by atoms with Gasteiger partial charge in [0.25, 0.3) is 0 Å². The number of rotatable bonds is 4. The molecular formula is C13H22N2O3S. The Labute approximate surface area is 117 Å². The second-order valence-electron chi connectivity index (χ2n) is 5.33. The van der Waals surface area contributed by atoms with Gasteiger partial charge in [-0.3, -0.25) is 9.59 Å². The molecule has 1 aliphatic carbocycles. The van der Waals surface area contributed by atoms with Gasteiger partial charge in [-0.05, 0) is 12.8 Å². The fraction of sp³-hybridized carbons (Fsp3) is 0.846. The molecule has 1 saturated carbocycles. The van der Waals surface area contributed by atoms with E-state index in [1.807, 2.05) is 11.8 Å². The van der Waals surface area contributed by atoms with E-state index in [-0.39, 0.29) is 18.0 Å². The largest absolute Gasteiger partial charge is 0.481 e. The van der Waals surface area contributed by atoms with Crippen LogP contribution in [0, 0.1) is 5.92 Å². The molecular weight excluding hydrogens is 264 g/mol. The van der Waals surface area contributed by atoms with E-state index in [1.165, 1.54) is 0 Å². The number of carboxylic acids is 1. The van der Waals surface area contributed by atoms with E-state index in [9.17, 15) is 14.7 Å². The van der Waals surface area contributed by atoms with Crippen LogP contribution >= 0.6 is 11.8 Å². The third kappa shape index (κ3) is 4.38. The first-order chi connectivity index (χ1) is 9.16. The first kappa shape index (κ1) is 14.7. The normalized spacial score (nSPS) is 31.7. The molecule has 1 amide bonds. The van der Waals surface area contributed by atoms with Gasteiger partial charge in [0.15, 0.2) is 0 Å². The predicted molar refractivity (Wildman–Crippen MR) is 75.3 cm³/mol. The summed E-state index contributed by atoms with van der Waals surface area (Å²) in [5, 5.41) is 15.4. The Kier molecular flexibility index (Phi) is 5.51. The van der Waals surface area contributed by atoms with Crippen molar-refractivity contribution in [2.24, 2.45) is 5.92 Å². The lowest BCUT2D eigenvalue weighted by atomic mass is 9.84. The van der Waals surface area contributed by atoms with Gasteiger partial charge in [-0.25, -0.2) is 0 Å². The summed E-state index contributed by atoms with van der Waals surface area (Å²) >= 11 is 1.86. The molecule has 0 aromatic heterocycles. The molecule has 5 nitrogen and oxygen atoms in total. The maximum absolute atomic E-state index is 12.0. The molecule has 1 aliphatic heterocycles. The summed E-state index contributed by atoms with van der Waals surface area (Å²) in [5.41, 5.74) is 0. The highest BCUT2D eigenvalue weighted by atomic mass is 32.2. The lowest BCUT2D eigenvalue weighted by Gasteiger charge is -2.30. The van der Waals surface area contributed by atoms with E-state index in [0.29, 0.717) is 12.8 Å². The monoisotopic (exact) mass is 286 g/mol. The molecule has 0 spiro atoms. The number of hydrogen-bond acceptors (Lipinski definition) is 4. The summed E-state index contributed by atoms with van der Waals surface area (Å²) in [7, 11) is 0. The number of amides is 1. The van der Waals surface area contributed by atoms with E-state index in [1.54, 1.807) is 0 Å². The maximum atomic E-state index is 12.0. The Morgan fingerprint density at radius 1 is 1.32 bits per heavy atom. The van der Waals surface area contributed by atoms with E-state index < -0.39 is 11.9 Å². The third-order valence-corrected chi connectivity index (χ3v) is 4.99. The minimum atomic E-state index is -0.781. The van der Waals surface area contributed by atoms with Gasteiger partial charge in [0, 0.05) is 36.6 Å². The molecule has 3 atom stereocenters. The topological polar surface area (TPSA) is 78.4 Å². The van der Waals surface area contributed by atoms with Gasteiger partial charge in [-0.2, -0.15) is 11.8 Å². The molecule has 6 heteroatoms. The molecule has 1 heterocycles. The average Bonchev–Trinajstić information content (AvgIpc) is 2.40. The molecule has 0 bridgehead atoms. The molecule has 1 saturated heterocycles. The van der Waals surface area contributed by atoms with Gasteiger partial charge < -0.3 is 15.7 Å². The number of aliphatic carboxylic acids is 1. The van der Waals surface area contributed by atoms with E-state index in [4.69, 9.17) is 0 Å². The van der Waals surface area contributed by atoms with Crippen LogP contribution in [-0.4, -0.2) is 47.1 Å². The van der Waals surface area contributed by atoms with Crippen molar-refractivity contribution in [2.75, 3.05) is 18.1 Å².